The Balaban J connectivity index is 2.70. The summed E-state index contributed by atoms with van der Waals surface area (Å²) in [6, 6.07) is 9.27. The maximum atomic E-state index is 12.6. The van der Waals surface area contributed by atoms with Gasteiger partial charge in [0, 0.05) is 6.42 Å². The summed E-state index contributed by atoms with van der Waals surface area (Å²) in [4.78, 5) is 36.5. The number of hydrogen-bond donors (Lipinski definition) is 2. The van der Waals surface area contributed by atoms with E-state index < -0.39 is 30.1 Å². The number of esters is 1. The molecule has 0 aliphatic carbocycles. The summed E-state index contributed by atoms with van der Waals surface area (Å²) in [5.74, 6) is -1.06. The number of nitriles is 1. The van der Waals surface area contributed by atoms with Gasteiger partial charge in [0.05, 0.1) is 13.2 Å². The van der Waals surface area contributed by atoms with Crippen molar-refractivity contribution >= 4 is 18.0 Å². The van der Waals surface area contributed by atoms with Gasteiger partial charge in [-0.1, -0.05) is 44.2 Å². The molecule has 0 aliphatic rings. The maximum absolute atomic E-state index is 12.6. The first kappa shape index (κ1) is 23.0. The normalized spacial score (nSPS) is 12.4. The Bertz CT molecular complexity index is 685. The summed E-state index contributed by atoms with van der Waals surface area (Å²) < 4.78 is 9.83. The lowest BCUT2D eigenvalue weighted by Gasteiger charge is -2.23. The Kier molecular flexibility index (Phi) is 10.1. The number of alkyl carbamates (subject to hydrolysis) is 1. The van der Waals surface area contributed by atoms with E-state index in [0.29, 0.717) is 6.42 Å². The van der Waals surface area contributed by atoms with Crippen molar-refractivity contribution < 1.29 is 23.9 Å². The molecule has 28 heavy (non-hydrogen) atoms. The second kappa shape index (κ2) is 12.3. The van der Waals surface area contributed by atoms with Crippen molar-refractivity contribution in [2.75, 3.05) is 7.11 Å². The van der Waals surface area contributed by atoms with Gasteiger partial charge in [0.25, 0.3) is 0 Å². The molecule has 8 heteroatoms. The van der Waals surface area contributed by atoms with Gasteiger partial charge in [-0.2, -0.15) is 5.26 Å². The smallest absolute Gasteiger partial charge is 0.408 e. The molecule has 0 unspecified atom stereocenters. The van der Waals surface area contributed by atoms with Crippen LogP contribution in [0, 0.1) is 17.2 Å². The van der Waals surface area contributed by atoms with E-state index in [4.69, 9.17) is 10.00 Å². The Morgan fingerprint density at radius 3 is 2.36 bits per heavy atom. The van der Waals surface area contributed by atoms with Crippen LogP contribution in [-0.4, -0.2) is 37.2 Å². The molecule has 0 bridgehead atoms. The fourth-order valence-corrected chi connectivity index (χ4v) is 2.48. The summed E-state index contributed by atoms with van der Waals surface area (Å²) in [5, 5.41) is 13.8. The molecule has 1 aromatic rings. The number of methoxy groups -OCH3 is 1. The maximum Gasteiger partial charge on any atom is 0.408 e. The molecule has 0 spiro atoms. The summed E-state index contributed by atoms with van der Waals surface area (Å²) in [7, 11) is 1.21. The quantitative estimate of drug-likeness (QED) is 0.593. The van der Waals surface area contributed by atoms with E-state index in [9.17, 15) is 14.4 Å². The minimum absolute atomic E-state index is 0.0790. The molecule has 2 N–H and O–H groups in total. The van der Waals surface area contributed by atoms with Gasteiger partial charge in [-0.3, -0.25) is 4.79 Å². The number of nitrogens with zero attached hydrogens (tertiary/aromatic N) is 1. The first-order valence-electron chi connectivity index (χ1n) is 9.09. The van der Waals surface area contributed by atoms with E-state index in [2.05, 4.69) is 15.4 Å². The minimum atomic E-state index is -0.950. The van der Waals surface area contributed by atoms with Crippen molar-refractivity contribution in [1.29, 1.82) is 5.26 Å². The zero-order valence-corrected chi connectivity index (χ0v) is 16.4. The monoisotopic (exact) mass is 389 g/mol. The second-order valence-corrected chi connectivity index (χ2v) is 6.67. The second-order valence-electron chi connectivity index (χ2n) is 6.67. The Labute approximate surface area is 165 Å². The molecule has 1 aromatic carbocycles. The zero-order valence-electron chi connectivity index (χ0n) is 16.4. The average Bonchev–Trinajstić information content (AvgIpc) is 2.68. The number of benzene rings is 1. The molecule has 2 atom stereocenters. The van der Waals surface area contributed by atoms with Crippen molar-refractivity contribution in [3.63, 3.8) is 0 Å². The minimum Gasteiger partial charge on any atom is -0.467 e. The van der Waals surface area contributed by atoms with E-state index in [1.807, 2.05) is 50.2 Å². The fourth-order valence-electron chi connectivity index (χ4n) is 2.48. The molecule has 152 valence electrons. The fraction of sp³-hybridized carbons (Fsp3) is 0.500. The Morgan fingerprint density at radius 2 is 1.79 bits per heavy atom. The van der Waals surface area contributed by atoms with Crippen molar-refractivity contribution in [2.24, 2.45) is 5.92 Å². The molecule has 2 amide bonds. The van der Waals surface area contributed by atoms with Crippen LogP contribution < -0.4 is 10.6 Å². The number of carbonyl (C=O) groups is 3. The molecule has 0 fully saturated rings. The predicted molar refractivity (Wildman–Crippen MR) is 102 cm³/mol. The highest BCUT2D eigenvalue weighted by molar-refractivity contribution is 5.89. The van der Waals surface area contributed by atoms with Gasteiger partial charge in [-0.15, -0.1) is 0 Å². The molecule has 0 aliphatic heterocycles. The Morgan fingerprint density at radius 1 is 1.11 bits per heavy atom. The van der Waals surface area contributed by atoms with Gasteiger partial charge in [-0.25, -0.2) is 9.59 Å². The van der Waals surface area contributed by atoms with Crippen LogP contribution >= 0.6 is 0 Å². The van der Waals surface area contributed by atoms with Gasteiger partial charge in [-0.05, 0) is 24.3 Å². The largest absolute Gasteiger partial charge is 0.467 e. The van der Waals surface area contributed by atoms with Crippen LogP contribution in [0.2, 0.25) is 0 Å². The third-order valence-electron chi connectivity index (χ3n) is 3.88. The molecule has 0 saturated heterocycles. The number of hydrogen-bond acceptors (Lipinski definition) is 6. The number of rotatable bonds is 10. The number of amides is 2. The first-order chi connectivity index (χ1) is 13.4. The topological polar surface area (TPSA) is 118 Å². The lowest BCUT2D eigenvalue weighted by molar-refractivity contribution is -0.145. The van der Waals surface area contributed by atoms with Crippen LogP contribution in [0.5, 0.6) is 0 Å². The van der Waals surface area contributed by atoms with Crippen LogP contribution in [-0.2, 0) is 25.7 Å². The highest BCUT2D eigenvalue weighted by Crippen LogP contribution is 2.08. The van der Waals surface area contributed by atoms with Crippen molar-refractivity contribution in [3.05, 3.63) is 35.9 Å². The van der Waals surface area contributed by atoms with E-state index in [1.165, 1.54) is 7.11 Å². The van der Waals surface area contributed by atoms with E-state index in [1.54, 1.807) is 0 Å². The number of ether oxygens (including phenoxy) is 2. The standard InChI is InChI=1S/C20H27N3O5/c1-14(2)12-17(18(24)22-16(10-7-11-21)19(25)27-3)23-20(26)28-13-15-8-5-4-6-9-15/h4-6,8-9,14,16-17H,7,10,12-13H2,1-3H3,(H,22,24)(H,23,26)/t16-,17-/m0/s1. The van der Waals surface area contributed by atoms with Crippen LogP contribution in [0.25, 0.3) is 0 Å². The average molecular weight is 389 g/mol. The van der Waals surface area contributed by atoms with E-state index in [0.717, 1.165) is 5.56 Å². The SMILES string of the molecule is COC(=O)[C@H](CCC#N)NC(=O)[C@H](CC(C)C)NC(=O)OCc1ccccc1. The van der Waals surface area contributed by atoms with Gasteiger partial charge in [0.1, 0.15) is 18.7 Å². The Hall–Kier alpha value is -3.08. The summed E-state index contributed by atoms with van der Waals surface area (Å²) >= 11 is 0. The molecule has 0 radical (unpaired) electrons. The van der Waals surface area contributed by atoms with E-state index in [-0.39, 0.29) is 25.4 Å². The predicted octanol–water partition coefficient (Wildman–Crippen LogP) is 2.29. The highest BCUT2D eigenvalue weighted by atomic mass is 16.5. The van der Waals surface area contributed by atoms with Gasteiger partial charge < -0.3 is 20.1 Å². The van der Waals surface area contributed by atoms with E-state index >= 15 is 0 Å². The molecular formula is C20H27N3O5. The molecule has 1 rings (SSSR count). The van der Waals surface area contributed by atoms with Crippen molar-refractivity contribution in [3.8, 4) is 6.07 Å². The van der Waals surface area contributed by atoms with Crippen LogP contribution in [0.3, 0.4) is 0 Å². The summed E-state index contributed by atoms with van der Waals surface area (Å²) in [6.45, 7) is 3.89. The van der Waals surface area contributed by atoms with Gasteiger partial charge in [0.2, 0.25) is 5.91 Å². The summed E-state index contributed by atoms with van der Waals surface area (Å²) in [5.41, 5.74) is 0.824. The van der Waals surface area contributed by atoms with Gasteiger partial charge >= 0.3 is 12.1 Å². The van der Waals surface area contributed by atoms with Gasteiger partial charge in [0.15, 0.2) is 0 Å². The van der Waals surface area contributed by atoms with Crippen LogP contribution in [0.15, 0.2) is 30.3 Å². The molecular weight excluding hydrogens is 362 g/mol. The third-order valence-corrected chi connectivity index (χ3v) is 3.88. The molecule has 8 nitrogen and oxygen atoms in total. The number of carbonyl (C=O) groups excluding carboxylic acids is 3. The van der Waals surface area contributed by atoms with Crippen LogP contribution in [0.4, 0.5) is 4.79 Å². The lowest BCUT2D eigenvalue weighted by Crippen LogP contribution is -2.52. The number of nitrogens with one attached hydrogen (secondary N) is 2. The molecule has 0 aromatic heterocycles. The summed E-state index contributed by atoms with van der Waals surface area (Å²) in [6.07, 6.45) is -0.155. The third kappa shape index (κ3) is 8.54. The first-order valence-corrected chi connectivity index (χ1v) is 9.09. The molecule has 0 saturated carbocycles. The van der Waals surface area contributed by atoms with Crippen molar-refractivity contribution in [1.82, 2.24) is 10.6 Å². The molecule has 0 heterocycles. The lowest BCUT2D eigenvalue weighted by atomic mass is 10.0. The zero-order chi connectivity index (χ0) is 20.9. The highest BCUT2D eigenvalue weighted by Gasteiger charge is 2.28. The van der Waals surface area contributed by atoms with Crippen molar-refractivity contribution in [2.45, 2.75) is 51.8 Å². The van der Waals surface area contributed by atoms with Crippen LogP contribution in [0.1, 0.15) is 38.7 Å².